The van der Waals surface area contributed by atoms with Gasteiger partial charge in [-0.1, -0.05) is 23.0 Å². The van der Waals surface area contributed by atoms with Gasteiger partial charge in [-0.15, -0.1) is 5.10 Å². The molecule has 0 radical (unpaired) electrons. The molecule has 0 unspecified atom stereocenters. The van der Waals surface area contributed by atoms with Crippen molar-refractivity contribution in [2.45, 2.75) is 19.8 Å². The first-order valence-corrected chi connectivity index (χ1v) is 5.97. The molecule has 0 bridgehead atoms. The fourth-order valence-corrected chi connectivity index (χ4v) is 2.02. The van der Waals surface area contributed by atoms with Crippen molar-refractivity contribution in [3.8, 4) is 10.8 Å². The molecule has 0 N–H and O–H groups in total. The second kappa shape index (κ2) is 4.30. The summed E-state index contributed by atoms with van der Waals surface area (Å²) < 4.78 is 9.55. The van der Waals surface area contributed by atoms with Crippen LogP contribution in [0.4, 0.5) is 0 Å². The van der Waals surface area contributed by atoms with Gasteiger partial charge < -0.3 is 4.52 Å². The number of rotatable bonds is 3. The van der Waals surface area contributed by atoms with Crippen LogP contribution in [0.1, 0.15) is 19.0 Å². The predicted molar refractivity (Wildman–Crippen MR) is 59.9 cm³/mol. The van der Waals surface area contributed by atoms with Crippen molar-refractivity contribution < 1.29 is 4.52 Å². The van der Waals surface area contributed by atoms with E-state index < -0.39 is 0 Å². The van der Waals surface area contributed by atoms with Crippen molar-refractivity contribution in [2.24, 2.45) is 0 Å². The Bertz CT molecular complexity index is 427. The maximum atomic E-state index is 5.06. The van der Waals surface area contributed by atoms with Gasteiger partial charge >= 0.3 is 0 Å². The summed E-state index contributed by atoms with van der Waals surface area (Å²) in [6.45, 7) is 2.10. The van der Waals surface area contributed by atoms with E-state index in [1.807, 2.05) is 22.6 Å². The predicted octanol–water partition coefficient (Wildman–Crippen LogP) is 2.15. The van der Waals surface area contributed by atoms with E-state index in [2.05, 4.69) is 26.7 Å². The zero-order chi connectivity index (χ0) is 9.97. The van der Waals surface area contributed by atoms with Gasteiger partial charge in [-0.05, 0) is 18.0 Å². The molecule has 0 saturated carbocycles. The van der Waals surface area contributed by atoms with Gasteiger partial charge in [0.15, 0.2) is 0 Å². The molecular weight excluding hydrogens is 315 g/mol. The first-order valence-electron chi connectivity index (χ1n) is 4.12. The molecule has 14 heavy (non-hydrogen) atoms. The molecule has 0 aliphatic rings. The Balaban J connectivity index is 2.36. The lowest BCUT2D eigenvalue weighted by Crippen LogP contribution is -1.87. The van der Waals surface area contributed by atoms with E-state index >= 15 is 0 Å². The molecule has 0 amide bonds. The van der Waals surface area contributed by atoms with Crippen LogP contribution in [0.3, 0.4) is 0 Å². The standard InChI is InChI=1S/C7H7IN4OS/c1-2-3-4-5(14-12-10-4)6-9-7(8)11-13-6/h2-3H2,1H3. The first kappa shape index (κ1) is 9.97. The molecule has 7 heteroatoms. The summed E-state index contributed by atoms with van der Waals surface area (Å²) >= 11 is 3.30. The van der Waals surface area contributed by atoms with Crippen molar-refractivity contribution in [3.63, 3.8) is 0 Å². The van der Waals surface area contributed by atoms with Crippen molar-refractivity contribution in [1.29, 1.82) is 0 Å². The van der Waals surface area contributed by atoms with Gasteiger partial charge in [0.2, 0.25) is 3.83 Å². The number of aryl methyl sites for hydroxylation is 1. The molecule has 2 aromatic heterocycles. The van der Waals surface area contributed by atoms with Gasteiger partial charge in [-0.25, -0.2) is 0 Å². The lowest BCUT2D eigenvalue weighted by molar-refractivity contribution is 0.426. The molecule has 2 aromatic rings. The number of halogens is 1. The average molecular weight is 322 g/mol. The highest BCUT2D eigenvalue weighted by atomic mass is 127. The van der Waals surface area contributed by atoms with Crippen LogP contribution in [0.5, 0.6) is 0 Å². The molecule has 0 aromatic carbocycles. The minimum atomic E-state index is 0.521. The molecule has 0 aliphatic heterocycles. The molecule has 2 heterocycles. The smallest absolute Gasteiger partial charge is 0.272 e. The van der Waals surface area contributed by atoms with Gasteiger partial charge in [-0.3, -0.25) is 0 Å². The summed E-state index contributed by atoms with van der Waals surface area (Å²) in [5.74, 6) is 0.521. The Morgan fingerprint density at radius 3 is 3.00 bits per heavy atom. The Labute approximate surface area is 98.2 Å². The van der Waals surface area contributed by atoms with Crippen LogP contribution in [0, 0.1) is 3.83 Å². The van der Waals surface area contributed by atoms with Gasteiger partial charge in [-0.2, -0.15) is 4.98 Å². The fraction of sp³-hybridized carbons (Fsp3) is 0.429. The number of nitrogens with zero attached hydrogens (tertiary/aromatic N) is 4. The second-order valence-electron chi connectivity index (χ2n) is 2.67. The summed E-state index contributed by atoms with van der Waals surface area (Å²) in [6.07, 6.45) is 1.93. The van der Waals surface area contributed by atoms with Gasteiger partial charge in [0.05, 0.1) is 5.69 Å². The van der Waals surface area contributed by atoms with Crippen LogP contribution in [-0.2, 0) is 6.42 Å². The highest BCUT2D eigenvalue weighted by Gasteiger charge is 2.15. The summed E-state index contributed by atoms with van der Waals surface area (Å²) in [5.41, 5.74) is 0.942. The third kappa shape index (κ3) is 1.92. The lowest BCUT2D eigenvalue weighted by atomic mass is 10.2. The Kier molecular flexibility index (Phi) is 3.06. The van der Waals surface area contributed by atoms with E-state index in [1.165, 1.54) is 11.5 Å². The van der Waals surface area contributed by atoms with Gasteiger partial charge in [0, 0.05) is 22.6 Å². The number of aromatic nitrogens is 4. The highest BCUT2D eigenvalue weighted by molar-refractivity contribution is 14.1. The van der Waals surface area contributed by atoms with E-state index in [4.69, 9.17) is 4.52 Å². The topological polar surface area (TPSA) is 64.7 Å². The minimum absolute atomic E-state index is 0.521. The van der Waals surface area contributed by atoms with Crippen LogP contribution >= 0.6 is 34.1 Å². The fourth-order valence-electron chi connectivity index (χ4n) is 1.07. The van der Waals surface area contributed by atoms with Crippen molar-refractivity contribution in [2.75, 3.05) is 0 Å². The molecular formula is C7H7IN4OS. The minimum Gasteiger partial charge on any atom is -0.332 e. The monoisotopic (exact) mass is 322 g/mol. The van der Waals surface area contributed by atoms with Gasteiger partial charge in [0.1, 0.15) is 4.88 Å². The zero-order valence-corrected chi connectivity index (χ0v) is 10.4. The maximum Gasteiger partial charge on any atom is 0.272 e. The van der Waals surface area contributed by atoms with Crippen LogP contribution in [0.15, 0.2) is 4.52 Å². The second-order valence-corrected chi connectivity index (χ2v) is 4.39. The number of hydrogen-bond donors (Lipinski definition) is 0. The molecule has 2 rings (SSSR count). The molecule has 74 valence electrons. The van der Waals surface area contributed by atoms with Crippen LogP contribution < -0.4 is 0 Å². The van der Waals surface area contributed by atoms with E-state index in [0.717, 1.165) is 23.4 Å². The van der Waals surface area contributed by atoms with E-state index in [1.54, 1.807) is 0 Å². The molecule has 0 spiro atoms. The summed E-state index contributed by atoms with van der Waals surface area (Å²) in [6, 6.07) is 0. The van der Waals surface area contributed by atoms with Crippen molar-refractivity contribution in [1.82, 2.24) is 19.7 Å². The quantitative estimate of drug-likeness (QED) is 0.810. The van der Waals surface area contributed by atoms with Gasteiger partial charge in [0.25, 0.3) is 5.89 Å². The third-order valence-corrected chi connectivity index (χ3v) is 2.83. The van der Waals surface area contributed by atoms with E-state index in [0.29, 0.717) is 9.72 Å². The Morgan fingerprint density at radius 1 is 1.50 bits per heavy atom. The van der Waals surface area contributed by atoms with E-state index in [-0.39, 0.29) is 0 Å². The highest BCUT2D eigenvalue weighted by Crippen LogP contribution is 2.25. The van der Waals surface area contributed by atoms with Crippen LogP contribution in [0.2, 0.25) is 0 Å². The van der Waals surface area contributed by atoms with Crippen molar-refractivity contribution in [3.05, 3.63) is 9.53 Å². The normalized spacial score (nSPS) is 10.7. The van der Waals surface area contributed by atoms with Crippen molar-refractivity contribution >= 4 is 34.1 Å². The summed E-state index contributed by atoms with van der Waals surface area (Å²) in [7, 11) is 0. The summed E-state index contributed by atoms with van der Waals surface area (Å²) in [4.78, 5) is 5.03. The summed E-state index contributed by atoms with van der Waals surface area (Å²) in [5, 5.41) is 7.76. The Morgan fingerprint density at radius 2 is 2.36 bits per heavy atom. The Hall–Kier alpha value is -0.570. The van der Waals surface area contributed by atoms with Crippen LogP contribution in [0.25, 0.3) is 10.8 Å². The number of hydrogen-bond acceptors (Lipinski definition) is 6. The third-order valence-electron chi connectivity index (χ3n) is 1.64. The zero-order valence-electron chi connectivity index (χ0n) is 7.40. The first-order chi connectivity index (χ1) is 6.81. The van der Waals surface area contributed by atoms with E-state index in [9.17, 15) is 0 Å². The lowest BCUT2D eigenvalue weighted by Gasteiger charge is -1.91. The van der Waals surface area contributed by atoms with Crippen LogP contribution in [-0.4, -0.2) is 19.7 Å². The largest absolute Gasteiger partial charge is 0.332 e. The molecule has 0 saturated heterocycles. The molecule has 0 aliphatic carbocycles. The molecule has 5 nitrogen and oxygen atoms in total. The molecule has 0 fully saturated rings. The average Bonchev–Trinajstić information content (AvgIpc) is 2.74. The maximum absolute atomic E-state index is 5.06. The SMILES string of the molecule is CCCc1nnsc1-c1nc(I)no1. The molecule has 0 atom stereocenters.